The first-order chi connectivity index (χ1) is 26.4. The average Bonchev–Trinajstić information content (AvgIpc) is 3.81. The van der Waals surface area contributed by atoms with E-state index in [1.54, 1.807) is 6.07 Å². The third kappa shape index (κ3) is 6.93. The monoisotopic (exact) mass is 760 g/mol. The van der Waals surface area contributed by atoms with Gasteiger partial charge in [0, 0.05) is 53.2 Å². The van der Waals surface area contributed by atoms with E-state index in [-0.39, 0.29) is 42.5 Å². The maximum atomic E-state index is 15.3. The zero-order valence-corrected chi connectivity index (χ0v) is 31.9. The zero-order valence-electron chi connectivity index (χ0n) is 31.1. The number of carbonyl (C=O) groups is 3. The Morgan fingerprint density at radius 2 is 1.85 bits per heavy atom. The van der Waals surface area contributed by atoms with E-state index in [2.05, 4.69) is 57.6 Å². The molecule has 55 heavy (non-hydrogen) atoms. The quantitative estimate of drug-likeness (QED) is 0.133. The fourth-order valence-corrected chi connectivity index (χ4v) is 8.91. The number of aliphatic imine (C=N–C) groups is 1. The molecule has 3 amide bonds. The van der Waals surface area contributed by atoms with Crippen LogP contribution in [0.2, 0.25) is 5.02 Å². The average molecular weight is 761 g/mol. The Morgan fingerprint density at radius 1 is 1.07 bits per heavy atom. The van der Waals surface area contributed by atoms with Crippen molar-refractivity contribution < 1.29 is 23.3 Å². The van der Waals surface area contributed by atoms with Crippen LogP contribution in [0.15, 0.2) is 58.0 Å². The van der Waals surface area contributed by atoms with Crippen molar-refractivity contribution in [3.05, 3.63) is 93.1 Å². The Morgan fingerprint density at radius 3 is 2.53 bits per heavy atom. The second kappa shape index (κ2) is 14.4. The van der Waals surface area contributed by atoms with Crippen molar-refractivity contribution >= 4 is 52.6 Å². The van der Waals surface area contributed by atoms with Crippen molar-refractivity contribution in [2.24, 2.45) is 16.8 Å². The Bertz CT molecular complexity index is 2280. The number of benzene rings is 3. The van der Waals surface area contributed by atoms with Crippen LogP contribution in [0.25, 0.3) is 11.1 Å². The molecular formula is C43H42ClFN6O4. The molecule has 2 aliphatic carbocycles. The smallest absolute Gasteiger partial charge is 0.255 e. The molecule has 4 aromatic rings. The first kappa shape index (κ1) is 36.6. The summed E-state index contributed by atoms with van der Waals surface area (Å²) in [6.45, 7) is 6.90. The Kier molecular flexibility index (Phi) is 9.58. The van der Waals surface area contributed by atoms with Gasteiger partial charge in [-0.2, -0.15) is 5.26 Å². The van der Waals surface area contributed by atoms with Gasteiger partial charge in [-0.05, 0) is 130 Å². The summed E-state index contributed by atoms with van der Waals surface area (Å²) in [6, 6.07) is 17.1. The standard InChI is InChI=1S/C43H42ClFN6O4/c1-24-4-9-29(40-25(2)49-55-26(40)3)17-38(24)50(31-10-11-33(34(44)18-31)43(23-46)14-15-43)21-28-7-5-27(6-8-28)20-47-36-16-30-22-51(42(54)32(30)19-35(36)45)37-12-13-39(52)48-41(37)53/h4,9-11,16-20,27-28,37H,5-8,12-15,21-22H2,1-3H3,(H,48,52,53). The van der Waals surface area contributed by atoms with Gasteiger partial charge in [-0.25, -0.2) is 4.39 Å². The fourth-order valence-electron chi connectivity index (χ4n) is 8.56. The molecule has 3 fully saturated rings. The van der Waals surface area contributed by atoms with Crippen molar-refractivity contribution in [1.82, 2.24) is 15.4 Å². The number of imide groups is 1. The summed E-state index contributed by atoms with van der Waals surface area (Å²) in [6.07, 6.45) is 7.54. The second-order valence-corrected chi connectivity index (χ2v) is 16.0. The van der Waals surface area contributed by atoms with Crippen LogP contribution in [0, 0.1) is 49.8 Å². The van der Waals surface area contributed by atoms with E-state index in [1.165, 1.54) is 11.0 Å². The summed E-state index contributed by atoms with van der Waals surface area (Å²) < 4.78 is 20.8. The molecule has 1 N–H and O–H groups in total. The largest absolute Gasteiger partial charge is 0.361 e. The molecule has 10 nitrogen and oxygen atoms in total. The van der Waals surface area contributed by atoms with E-state index < -0.39 is 29.1 Å². The number of hydrogen-bond acceptors (Lipinski definition) is 8. The summed E-state index contributed by atoms with van der Waals surface area (Å²) in [5, 5.41) is 17.0. The van der Waals surface area contributed by atoms with Gasteiger partial charge in [0.1, 0.15) is 17.6 Å². The van der Waals surface area contributed by atoms with Gasteiger partial charge in [-0.1, -0.05) is 35.0 Å². The van der Waals surface area contributed by atoms with Crippen LogP contribution in [-0.2, 0) is 21.5 Å². The van der Waals surface area contributed by atoms with Crippen molar-refractivity contribution in [2.75, 3.05) is 11.4 Å². The van der Waals surface area contributed by atoms with Gasteiger partial charge in [-0.3, -0.25) is 24.7 Å². The number of anilines is 2. The first-order valence-corrected chi connectivity index (χ1v) is 19.4. The molecule has 4 aliphatic rings. The van der Waals surface area contributed by atoms with Crippen LogP contribution in [0.1, 0.15) is 89.9 Å². The highest BCUT2D eigenvalue weighted by molar-refractivity contribution is 6.32. The molecule has 1 aromatic heterocycles. The Hall–Kier alpha value is -5.34. The van der Waals surface area contributed by atoms with Crippen molar-refractivity contribution in [2.45, 2.75) is 90.1 Å². The topological polar surface area (TPSA) is 132 Å². The molecule has 2 aliphatic heterocycles. The van der Waals surface area contributed by atoms with Crippen molar-refractivity contribution in [3.8, 4) is 17.2 Å². The predicted octanol–water partition coefficient (Wildman–Crippen LogP) is 8.72. The van der Waals surface area contributed by atoms with E-state index in [9.17, 15) is 19.6 Å². The lowest BCUT2D eigenvalue weighted by atomic mass is 9.82. The predicted molar refractivity (Wildman–Crippen MR) is 207 cm³/mol. The minimum atomic E-state index is -0.761. The Labute approximate surface area is 324 Å². The number of amides is 3. The second-order valence-electron chi connectivity index (χ2n) is 15.6. The number of piperidine rings is 1. The molecular weight excluding hydrogens is 719 g/mol. The molecule has 0 bridgehead atoms. The molecule has 1 atom stereocenters. The van der Waals surface area contributed by atoms with E-state index in [0.29, 0.717) is 16.5 Å². The van der Waals surface area contributed by atoms with Gasteiger partial charge in [0.25, 0.3) is 5.91 Å². The van der Waals surface area contributed by atoms with Gasteiger partial charge >= 0.3 is 0 Å². The molecule has 2 saturated carbocycles. The van der Waals surface area contributed by atoms with E-state index in [4.69, 9.17) is 16.1 Å². The number of aromatic nitrogens is 1. The third-order valence-corrected chi connectivity index (χ3v) is 12.2. The van der Waals surface area contributed by atoms with E-state index in [1.807, 2.05) is 32.2 Å². The van der Waals surface area contributed by atoms with Gasteiger partial charge in [0.2, 0.25) is 11.8 Å². The molecule has 12 heteroatoms. The maximum Gasteiger partial charge on any atom is 0.255 e. The number of nitrogens with one attached hydrogen (secondary N) is 1. The normalized spacial score (nSPS) is 21.8. The van der Waals surface area contributed by atoms with Gasteiger partial charge < -0.3 is 14.3 Å². The molecule has 8 rings (SSSR count). The molecule has 0 radical (unpaired) electrons. The van der Waals surface area contributed by atoms with Crippen LogP contribution >= 0.6 is 11.6 Å². The van der Waals surface area contributed by atoms with Crippen LogP contribution in [0.4, 0.5) is 21.5 Å². The van der Waals surface area contributed by atoms with Crippen LogP contribution in [-0.4, -0.2) is 46.6 Å². The summed E-state index contributed by atoms with van der Waals surface area (Å²) >= 11 is 6.92. The van der Waals surface area contributed by atoms with Crippen LogP contribution in [0.5, 0.6) is 0 Å². The molecule has 3 aromatic carbocycles. The summed E-state index contributed by atoms with van der Waals surface area (Å²) in [5.41, 5.74) is 7.40. The minimum absolute atomic E-state index is 0.155. The lowest BCUT2D eigenvalue weighted by molar-refractivity contribution is -0.136. The highest BCUT2D eigenvalue weighted by atomic mass is 35.5. The van der Waals surface area contributed by atoms with Crippen LogP contribution in [0.3, 0.4) is 0 Å². The maximum absolute atomic E-state index is 15.3. The summed E-state index contributed by atoms with van der Waals surface area (Å²) in [4.78, 5) is 45.5. The van der Waals surface area contributed by atoms with Gasteiger partial charge in [0.15, 0.2) is 0 Å². The number of halogens is 2. The summed E-state index contributed by atoms with van der Waals surface area (Å²) in [5.74, 6) is -0.562. The number of nitrogens with zero attached hydrogens (tertiary/aromatic N) is 5. The highest BCUT2D eigenvalue weighted by Crippen LogP contribution is 2.51. The molecule has 1 unspecified atom stereocenters. The van der Waals surface area contributed by atoms with Gasteiger partial charge in [0.05, 0.1) is 22.9 Å². The minimum Gasteiger partial charge on any atom is -0.361 e. The number of rotatable bonds is 9. The first-order valence-electron chi connectivity index (χ1n) is 19.0. The number of carbonyl (C=O) groups excluding carboxylic acids is 3. The SMILES string of the molecule is Cc1ccc(-c2c(C)noc2C)cc1N(CC1CCC(C=Nc2cc3c(cc2F)C(=O)N(C2CCC(=O)NC2=O)C3)CC1)c1ccc(C2(C#N)CC2)c(Cl)c1. The van der Waals surface area contributed by atoms with Crippen molar-refractivity contribution in [3.63, 3.8) is 0 Å². The number of aryl methyl sites for hydroxylation is 3. The lowest BCUT2D eigenvalue weighted by Crippen LogP contribution is -2.52. The number of nitriles is 1. The Balaban J connectivity index is 0.990. The third-order valence-electron chi connectivity index (χ3n) is 11.9. The number of hydrogen-bond donors (Lipinski definition) is 1. The molecule has 0 spiro atoms. The zero-order chi connectivity index (χ0) is 38.6. The molecule has 1 saturated heterocycles. The fraction of sp³-hybridized carbons (Fsp3) is 0.395. The van der Waals surface area contributed by atoms with E-state index in [0.717, 1.165) is 90.2 Å². The van der Waals surface area contributed by atoms with Crippen LogP contribution < -0.4 is 10.2 Å². The summed E-state index contributed by atoms with van der Waals surface area (Å²) in [7, 11) is 0. The molecule has 3 heterocycles. The molecule has 282 valence electrons. The van der Waals surface area contributed by atoms with E-state index >= 15 is 4.39 Å². The van der Waals surface area contributed by atoms with Crippen molar-refractivity contribution in [1.29, 1.82) is 5.26 Å². The lowest BCUT2D eigenvalue weighted by Gasteiger charge is -2.34. The number of fused-ring (bicyclic) bond motifs is 1. The highest BCUT2D eigenvalue weighted by Gasteiger charge is 2.46. The van der Waals surface area contributed by atoms with Gasteiger partial charge in [-0.15, -0.1) is 0 Å².